The lowest BCUT2D eigenvalue weighted by molar-refractivity contribution is 0.189. The summed E-state index contributed by atoms with van der Waals surface area (Å²) >= 11 is 6.25. The SMILES string of the molecule is N=C(CN(N)NCC1CCCCC1)c1ccccc1NCc1ccccc1Cl. The second-order valence-electron chi connectivity index (χ2n) is 7.46. The molecule has 1 aliphatic rings. The quantitative estimate of drug-likeness (QED) is 0.283. The molecular formula is C22H30ClN5. The van der Waals surface area contributed by atoms with E-state index in [0.717, 1.165) is 28.4 Å². The minimum absolute atomic E-state index is 0.345. The molecule has 0 aromatic heterocycles. The number of para-hydroxylation sites is 1. The van der Waals surface area contributed by atoms with Crippen molar-refractivity contribution in [3.63, 3.8) is 0 Å². The van der Waals surface area contributed by atoms with Gasteiger partial charge in [0.05, 0.1) is 12.3 Å². The molecule has 5 N–H and O–H groups in total. The van der Waals surface area contributed by atoms with Gasteiger partial charge in [-0.3, -0.25) is 5.84 Å². The zero-order valence-corrected chi connectivity index (χ0v) is 17.0. The summed E-state index contributed by atoms with van der Waals surface area (Å²) in [5.41, 5.74) is 6.53. The predicted molar refractivity (Wildman–Crippen MR) is 118 cm³/mol. The van der Waals surface area contributed by atoms with Crippen LogP contribution in [0.1, 0.15) is 43.2 Å². The first-order valence-corrected chi connectivity index (χ1v) is 10.4. The number of hydrazine groups is 2. The van der Waals surface area contributed by atoms with Crippen LogP contribution in [0.3, 0.4) is 0 Å². The maximum atomic E-state index is 8.52. The number of nitrogens with two attached hydrogens (primary N) is 1. The monoisotopic (exact) mass is 399 g/mol. The molecule has 0 atom stereocenters. The maximum absolute atomic E-state index is 8.52. The smallest absolute Gasteiger partial charge is 0.0708 e. The van der Waals surface area contributed by atoms with Crippen LogP contribution in [0.4, 0.5) is 5.69 Å². The molecule has 3 rings (SSSR count). The van der Waals surface area contributed by atoms with Crippen molar-refractivity contribution in [2.45, 2.75) is 38.6 Å². The second kappa shape index (κ2) is 10.6. The molecule has 0 heterocycles. The molecule has 0 radical (unpaired) electrons. The van der Waals surface area contributed by atoms with Crippen LogP contribution in [-0.4, -0.2) is 23.9 Å². The van der Waals surface area contributed by atoms with E-state index in [0.29, 0.717) is 24.7 Å². The van der Waals surface area contributed by atoms with Gasteiger partial charge >= 0.3 is 0 Å². The van der Waals surface area contributed by atoms with Crippen LogP contribution >= 0.6 is 11.6 Å². The summed E-state index contributed by atoms with van der Waals surface area (Å²) in [6, 6.07) is 15.6. The van der Waals surface area contributed by atoms with Gasteiger partial charge in [0, 0.05) is 29.4 Å². The summed E-state index contributed by atoms with van der Waals surface area (Å²) in [6.07, 6.45) is 6.53. The van der Waals surface area contributed by atoms with Gasteiger partial charge in [0.2, 0.25) is 0 Å². The molecule has 0 saturated heterocycles. The van der Waals surface area contributed by atoms with E-state index in [1.807, 2.05) is 48.5 Å². The summed E-state index contributed by atoms with van der Waals surface area (Å²) in [6.45, 7) is 1.84. The summed E-state index contributed by atoms with van der Waals surface area (Å²) in [4.78, 5) is 0. The van der Waals surface area contributed by atoms with E-state index in [1.54, 1.807) is 5.12 Å². The first-order chi connectivity index (χ1) is 13.6. The van der Waals surface area contributed by atoms with Crippen molar-refractivity contribution < 1.29 is 0 Å². The third-order valence-electron chi connectivity index (χ3n) is 5.32. The number of nitrogens with one attached hydrogen (secondary N) is 3. The Kier molecular flexibility index (Phi) is 7.86. The zero-order valence-electron chi connectivity index (χ0n) is 16.3. The number of rotatable bonds is 9. The van der Waals surface area contributed by atoms with Crippen molar-refractivity contribution >= 4 is 23.0 Å². The van der Waals surface area contributed by atoms with Crippen LogP contribution in [0.5, 0.6) is 0 Å². The van der Waals surface area contributed by atoms with Crippen LogP contribution < -0.4 is 16.6 Å². The van der Waals surface area contributed by atoms with Crippen LogP contribution in [0, 0.1) is 11.3 Å². The largest absolute Gasteiger partial charge is 0.380 e. The number of nitrogens with zero attached hydrogens (tertiary/aromatic N) is 1. The molecule has 0 unspecified atom stereocenters. The van der Waals surface area contributed by atoms with Gasteiger partial charge in [0.25, 0.3) is 0 Å². The van der Waals surface area contributed by atoms with Gasteiger partial charge in [-0.1, -0.05) is 67.3 Å². The average Bonchev–Trinajstić information content (AvgIpc) is 2.72. The van der Waals surface area contributed by atoms with E-state index >= 15 is 0 Å². The fraction of sp³-hybridized carbons (Fsp3) is 0.409. The highest BCUT2D eigenvalue weighted by atomic mass is 35.5. The topological polar surface area (TPSA) is 77.2 Å². The molecule has 0 spiro atoms. The number of hydrogen-bond acceptors (Lipinski definition) is 5. The Morgan fingerprint density at radius 3 is 2.57 bits per heavy atom. The fourth-order valence-electron chi connectivity index (χ4n) is 3.68. The van der Waals surface area contributed by atoms with E-state index in [-0.39, 0.29) is 0 Å². The van der Waals surface area contributed by atoms with Gasteiger partial charge in [-0.25, -0.2) is 5.43 Å². The third kappa shape index (κ3) is 6.04. The van der Waals surface area contributed by atoms with E-state index in [9.17, 15) is 0 Å². The first-order valence-electron chi connectivity index (χ1n) is 10.0. The summed E-state index contributed by atoms with van der Waals surface area (Å²) in [7, 11) is 0. The highest BCUT2D eigenvalue weighted by molar-refractivity contribution is 6.31. The highest BCUT2D eigenvalue weighted by Crippen LogP contribution is 2.23. The lowest BCUT2D eigenvalue weighted by Crippen LogP contribution is -2.48. The summed E-state index contributed by atoms with van der Waals surface area (Å²) in [5.74, 6) is 6.80. The molecule has 1 saturated carbocycles. The van der Waals surface area contributed by atoms with Gasteiger partial charge in [0.1, 0.15) is 0 Å². The van der Waals surface area contributed by atoms with Crippen LogP contribution in [0.25, 0.3) is 0 Å². The van der Waals surface area contributed by atoms with Crippen molar-refractivity contribution in [1.29, 1.82) is 5.41 Å². The minimum atomic E-state index is 0.345. The van der Waals surface area contributed by atoms with Gasteiger partial charge in [-0.2, -0.15) is 5.12 Å². The Bertz CT molecular complexity index is 773. The van der Waals surface area contributed by atoms with Crippen molar-refractivity contribution in [2.24, 2.45) is 11.8 Å². The third-order valence-corrected chi connectivity index (χ3v) is 5.68. The molecule has 150 valence electrons. The molecule has 28 heavy (non-hydrogen) atoms. The fourth-order valence-corrected chi connectivity index (χ4v) is 3.88. The lowest BCUT2D eigenvalue weighted by Gasteiger charge is -2.25. The van der Waals surface area contributed by atoms with Crippen LogP contribution in [-0.2, 0) is 6.54 Å². The molecule has 0 aliphatic heterocycles. The molecule has 1 aliphatic carbocycles. The second-order valence-corrected chi connectivity index (χ2v) is 7.87. The van der Waals surface area contributed by atoms with Crippen LogP contribution in [0.15, 0.2) is 48.5 Å². The van der Waals surface area contributed by atoms with Gasteiger partial charge in [-0.05, 0) is 36.5 Å². The summed E-state index contributed by atoms with van der Waals surface area (Å²) < 4.78 is 0. The lowest BCUT2D eigenvalue weighted by atomic mass is 9.89. The Balaban J connectivity index is 1.55. The first kappa shape index (κ1) is 20.8. The molecule has 6 heteroatoms. The molecule has 1 fully saturated rings. The van der Waals surface area contributed by atoms with Crippen molar-refractivity contribution in [3.8, 4) is 0 Å². The Morgan fingerprint density at radius 2 is 1.79 bits per heavy atom. The van der Waals surface area contributed by atoms with E-state index in [2.05, 4.69) is 10.7 Å². The van der Waals surface area contributed by atoms with Crippen molar-refractivity contribution in [2.75, 3.05) is 18.4 Å². The average molecular weight is 400 g/mol. The minimum Gasteiger partial charge on any atom is -0.380 e. The number of halogens is 1. The molecule has 0 bridgehead atoms. The van der Waals surface area contributed by atoms with E-state index in [1.165, 1.54) is 32.1 Å². The zero-order chi connectivity index (χ0) is 19.8. The number of benzene rings is 2. The van der Waals surface area contributed by atoms with Gasteiger partial charge in [0.15, 0.2) is 0 Å². The van der Waals surface area contributed by atoms with E-state index in [4.69, 9.17) is 22.9 Å². The van der Waals surface area contributed by atoms with Crippen molar-refractivity contribution in [3.05, 3.63) is 64.7 Å². The van der Waals surface area contributed by atoms with Crippen molar-refractivity contribution in [1.82, 2.24) is 10.5 Å². The predicted octanol–water partition coefficient (Wildman–Crippen LogP) is 4.58. The maximum Gasteiger partial charge on any atom is 0.0708 e. The van der Waals surface area contributed by atoms with Gasteiger partial charge < -0.3 is 10.7 Å². The molecule has 0 amide bonds. The Hall–Kier alpha value is -1.92. The molecule has 2 aromatic rings. The molecule has 2 aromatic carbocycles. The Morgan fingerprint density at radius 1 is 1.07 bits per heavy atom. The standard InChI is InChI=1S/C22H30ClN5/c23-20-12-6-4-10-18(20)15-26-22-13-7-5-11-19(22)21(24)16-28(25)27-14-17-8-2-1-3-9-17/h4-7,10-13,17,24,26-27H,1-3,8-9,14-16,25H2. The number of hydrogen-bond donors (Lipinski definition) is 4. The molecule has 5 nitrogen and oxygen atoms in total. The number of anilines is 1. The highest BCUT2D eigenvalue weighted by Gasteiger charge is 2.15. The normalized spacial score (nSPS) is 15.0. The Labute approximate surface area is 172 Å². The summed E-state index contributed by atoms with van der Waals surface area (Å²) in [5, 5.41) is 14.2. The van der Waals surface area contributed by atoms with Gasteiger partial charge in [-0.15, -0.1) is 0 Å². The van der Waals surface area contributed by atoms with Crippen LogP contribution in [0.2, 0.25) is 5.02 Å². The molecular weight excluding hydrogens is 370 g/mol. The van der Waals surface area contributed by atoms with E-state index < -0.39 is 0 Å².